The van der Waals surface area contributed by atoms with E-state index in [9.17, 15) is 24.3 Å². The van der Waals surface area contributed by atoms with Gasteiger partial charge in [0.2, 0.25) is 5.91 Å². The van der Waals surface area contributed by atoms with Crippen LogP contribution in [0, 0.1) is 0 Å². The number of thioether (sulfide) groups is 1. The lowest BCUT2D eigenvalue weighted by molar-refractivity contribution is -0.151. The number of carbonyl (C=O) groups excluding carboxylic acids is 3. The van der Waals surface area contributed by atoms with Gasteiger partial charge in [0.25, 0.3) is 5.91 Å². The number of amides is 2. The van der Waals surface area contributed by atoms with Gasteiger partial charge < -0.3 is 15.2 Å². The van der Waals surface area contributed by atoms with Gasteiger partial charge in [-0.1, -0.05) is 6.07 Å². The molecule has 2 N–H and O–H groups in total. The Bertz CT molecular complexity index is 773. The fourth-order valence-electron chi connectivity index (χ4n) is 2.64. The monoisotopic (exact) mass is 382 g/mol. The molecule has 1 saturated heterocycles. The highest BCUT2D eigenvalue weighted by Gasteiger charge is 2.54. The van der Waals surface area contributed by atoms with Gasteiger partial charge in [0.15, 0.2) is 5.70 Å². The third-order valence-electron chi connectivity index (χ3n) is 3.63. The highest BCUT2D eigenvalue weighted by atomic mass is 32.2. The van der Waals surface area contributed by atoms with Crippen molar-refractivity contribution in [2.75, 3.05) is 5.75 Å². The van der Waals surface area contributed by atoms with Crippen LogP contribution in [0.4, 0.5) is 0 Å². The summed E-state index contributed by atoms with van der Waals surface area (Å²) in [4.78, 5) is 49.0. The van der Waals surface area contributed by atoms with E-state index < -0.39 is 29.3 Å². The standard InChI is InChI=1S/C15H14N2O6S2/c1-7(18)23-9-6-25-14-11(13(20)17(14)12(9)15(21)22)16-10(19)5-8-3-2-4-24-8/h2-4,11,14H,5-6H2,1H3,(H,16,19)(H,21,22)/t11?,14-/m0/s1. The summed E-state index contributed by atoms with van der Waals surface area (Å²) < 4.78 is 4.91. The quantitative estimate of drug-likeness (QED) is 0.565. The van der Waals surface area contributed by atoms with Crippen LogP contribution < -0.4 is 5.32 Å². The number of ether oxygens (including phenoxy) is 1. The van der Waals surface area contributed by atoms with E-state index in [1.165, 1.54) is 23.1 Å². The first kappa shape index (κ1) is 17.5. The Morgan fingerprint density at radius 2 is 2.20 bits per heavy atom. The smallest absolute Gasteiger partial charge is 0.356 e. The summed E-state index contributed by atoms with van der Waals surface area (Å²) in [6, 6.07) is 2.87. The molecule has 0 radical (unpaired) electrons. The Kier molecular flexibility index (Phi) is 4.82. The van der Waals surface area contributed by atoms with Crippen molar-refractivity contribution in [3.8, 4) is 0 Å². The van der Waals surface area contributed by atoms with Gasteiger partial charge in [0, 0.05) is 11.8 Å². The number of hydrogen-bond donors (Lipinski definition) is 2. The molecule has 2 aliphatic heterocycles. The van der Waals surface area contributed by atoms with Gasteiger partial charge in [0.05, 0.1) is 12.2 Å². The number of carboxylic acid groups (broad SMARTS) is 1. The Morgan fingerprint density at radius 3 is 2.80 bits per heavy atom. The number of rotatable bonds is 5. The largest absolute Gasteiger partial charge is 0.476 e. The molecule has 3 rings (SSSR count). The molecule has 0 bridgehead atoms. The molecule has 25 heavy (non-hydrogen) atoms. The Morgan fingerprint density at radius 1 is 1.44 bits per heavy atom. The number of carboxylic acids is 1. The predicted molar refractivity (Wildman–Crippen MR) is 89.5 cm³/mol. The van der Waals surface area contributed by atoms with Crippen molar-refractivity contribution >= 4 is 46.9 Å². The molecule has 0 aromatic carbocycles. The SMILES string of the molecule is CC(=O)OC1=C(C(=O)O)N2C(=O)C(NC(=O)Cc3cccs3)[C@@H]2SC1. The van der Waals surface area contributed by atoms with Crippen LogP contribution in [0.25, 0.3) is 0 Å². The van der Waals surface area contributed by atoms with Crippen LogP contribution in [-0.2, 0) is 30.3 Å². The zero-order valence-electron chi connectivity index (χ0n) is 13.1. The number of thiophene rings is 1. The number of hydrogen-bond acceptors (Lipinski definition) is 7. The van der Waals surface area contributed by atoms with Gasteiger partial charge in [-0.3, -0.25) is 19.3 Å². The molecule has 2 amide bonds. The lowest BCUT2D eigenvalue weighted by Crippen LogP contribution is -2.70. The van der Waals surface area contributed by atoms with Gasteiger partial charge in [-0.15, -0.1) is 23.1 Å². The summed E-state index contributed by atoms with van der Waals surface area (Å²) in [5.74, 6) is -2.75. The maximum atomic E-state index is 12.3. The molecule has 1 fully saturated rings. The molecule has 10 heteroatoms. The first-order chi connectivity index (χ1) is 11.9. The predicted octanol–water partition coefficient (Wildman–Crippen LogP) is 0.550. The third-order valence-corrected chi connectivity index (χ3v) is 5.76. The minimum atomic E-state index is -1.35. The molecular formula is C15H14N2O6S2. The molecule has 0 aliphatic carbocycles. The van der Waals surface area contributed by atoms with Gasteiger partial charge in [-0.2, -0.15) is 0 Å². The van der Waals surface area contributed by atoms with Gasteiger partial charge in [-0.05, 0) is 11.4 Å². The van der Waals surface area contributed by atoms with E-state index in [1.807, 2.05) is 17.5 Å². The molecule has 2 aliphatic rings. The Balaban J connectivity index is 1.72. The van der Waals surface area contributed by atoms with Crippen molar-refractivity contribution in [1.82, 2.24) is 10.2 Å². The van der Waals surface area contributed by atoms with E-state index in [2.05, 4.69) is 5.32 Å². The van der Waals surface area contributed by atoms with E-state index in [4.69, 9.17) is 4.74 Å². The first-order valence-electron chi connectivity index (χ1n) is 7.29. The number of β-lactam (4-membered cyclic amide) rings is 1. The zero-order valence-corrected chi connectivity index (χ0v) is 14.7. The summed E-state index contributed by atoms with van der Waals surface area (Å²) in [6.45, 7) is 1.16. The van der Waals surface area contributed by atoms with Crippen LogP contribution in [0.5, 0.6) is 0 Å². The molecule has 8 nitrogen and oxygen atoms in total. The molecule has 1 aromatic rings. The van der Waals surface area contributed by atoms with Crippen molar-refractivity contribution < 1.29 is 29.0 Å². The number of aliphatic carboxylic acids is 1. The van der Waals surface area contributed by atoms with Crippen molar-refractivity contribution in [2.45, 2.75) is 24.8 Å². The average molecular weight is 382 g/mol. The van der Waals surface area contributed by atoms with Crippen LogP contribution in [-0.4, -0.2) is 50.9 Å². The van der Waals surface area contributed by atoms with E-state index in [0.29, 0.717) is 0 Å². The van der Waals surface area contributed by atoms with E-state index in [-0.39, 0.29) is 29.5 Å². The number of nitrogens with one attached hydrogen (secondary N) is 1. The Hall–Kier alpha value is -2.33. The Labute approximate surface area is 150 Å². The first-order valence-corrected chi connectivity index (χ1v) is 9.22. The number of nitrogens with zero attached hydrogens (tertiary/aromatic N) is 1. The lowest BCUT2D eigenvalue weighted by Gasteiger charge is -2.48. The summed E-state index contributed by atoms with van der Waals surface area (Å²) >= 11 is 2.68. The van der Waals surface area contributed by atoms with Gasteiger partial charge in [0.1, 0.15) is 17.2 Å². The van der Waals surface area contributed by atoms with Gasteiger partial charge in [-0.25, -0.2) is 4.79 Å². The second kappa shape index (κ2) is 6.89. The molecule has 1 aromatic heterocycles. The van der Waals surface area contributed by atoms with Gasteiger partial charge >= 0.3 is 11.9 Å². The summed E-state index contributed by atoms with van der Waals surface area (Å²) in [5.41, 5.74) is -0.340. The van der Waals surface area contributed by atoms with Crippen LogP contribution in [0.1, 0.15) is 11.8 Å². The van der Waals surface area contributed by atoms with Crippen LogP contribution in [0.3, 0.4) is 0 Å². The number of carbonyl (C=O) groups is 4. The van der Waals surface area contributed by atoms with Crippen LogP contribution >= 0.6 is 23.1 Å². The summed E-state index contributed by atoms with van der Waals surface area (Å²) in [7, 11) is 0. The average Bonchev–Trinajstić information content (AvgIpc) is 3.04. The topological polar surface area (TPSA) is 113 Å². The van der Waals surface area contributed by atoms with Crippen LogP contribution in [0.2, 0.25) is 0 Å². The molecule has 1 unspecified atom stereocenters. The van der Waals surface area contributed by atoms with E-state index in [0.717, 1.165) is 16.7 Å². The number of esters is 1. The second-order valence-corrected chi connectivity index (χ2v) is 7.52. The fourth-order valence-corrected chi connectivity index (χ4v) is 4.60. The highest BCUT2D eigenvalue weighted by molar-refractivity contribution is 8.00. The normalized spacial score (nSPS) is 22.1. The van der Waals surface area contributed by atoms with Crippen molar-refractivity contribution in [1.29, 1.82) is 0 Å². The molecule has 0 saturated carbocycles. The second-order valence-electron chi connectivity index (χ2n) is 5.38. The number of fused-ring (bicyclic) bond motifs is 1. The maximum Gasteiger partial charge on any atom is 0.356 e. The third kappa shape index (κ3) is 3.40. The van der Waals surface area contributed by atoms with Crippen LogP contribution in [0.15, 0.2) is 29.0 Å². The van der Waals surface area contributed by atoms with Crippen molar-refractivity contribution in [3.63, 3.8) is 0 Å². The van der Waals surface area contributed by atoms with E-state index >= 15 is 0 Å². The minimum Gasteiger partial charge on any atom is -0.476 e. The molecule has 2 atom stereocenters. The molecule has 0 spiro atoms. The summed E-state index contributed by atoms with van der Waals surface area (Å²) in [5, 5.41) is 13.3. The summed E-state index contributed by atoms with van der Waals surface area (Å²) in [6.07, 6.45) is 0.166. The van der Waals surface area contributed by atoms with Crippen molar-refractivity contribution in [3.05, 3.63) is 33.8 Å². The van der Waals surface area contributed by atoms with E-state index in [1.54, 1.807) is 0 Å². The molecular weight excluding hydrogens is 368 g/mol. The molecule has 3 heterocycles. The fraction of sp³-hybridized carbons (Fsp3) is 0.333. The van der Waals surface area contributed by atoms with Crippen molar-refractivity contribution in [2.24, 2.45) is 0 Å². The maximum absolute atomic E-state index is 12.3. The zero-order chi connectivity index (χ0) is 18.1. The molecule has 132 valence electrons. The minimum absolute atomic E-state index is 0.0574. The lowest BCUT2D eigenvalue weighted by atomic mass is 10.0. The highest BCUT2D eigenvalue weighted by Crippen LogP contribution is 2.40.